The lowest BCUT2D eigenvalue weighted by Crippen LogP contribution is -2.37. The summed E-state index contributed by atoms with van der Waals surface area (Å²) in [5.41, 5.74) is 0.863. The highest BCUT2D eigenvalue weighted by Gasteiger charge is 2.34. The third kappa shape index (κ3) is 3.15. The van der Waals surface area contributed by atoms with Crippen LogP contribution in [0, 0.1) is 0 Å². The average Bonchev–Trinajstić information content (AvgIpc) is 2.17. The topological polar surface area (TPSA) is 54.4 Å². The van der Waals surface area contributed by atoms with Crippen LogP contribution >= 0.6 is 15.9 Å². The molecule has 0 heterocycles. The van der Waals surface area contributed by atoms with Crippen LogP contribution in [-0.2, 0) is 21.3 Å². The van der Waals surface area contributed by atoms with Crippen LogP contribution in [-0.4, -0.2) is 20.0 Å². The van der Waals surface area contributed by atoms with Crippen molar-refractivity contribution in [1.29, 1.82) is 0 Å². The van der Waals surface area contributed by atoms with Crippen LogP contribution in [0.1, 0.15) is 19.4 Å². The van der Waals surface area contributed by atoms with Crippen LogP contribution < -0.4 is 0 Å². The molecule has 1 aromatic rings. The van der Waals surface area contributed by atoms with Crippen molar-refractivity contribution in [2.45, 2.75) is 24.3 Å². The van der Waals surface area contributed by atoms with Crippen LogP contribution in [0.2, 0.25) is 0 Å². The maximum Gasteiger partial charge on any atom is 0.321 e. The van der Waals surface area contributed by atoms with Crippen LogP contribution in [0.3, 0.4) is 0 Å². The summed E-state index contributed by atoms with van der Waals surface area (Å²) < 4.78 is 11.6. The van der Waals surface area contributed by atoms with Gasteiger partial charge in [-0.15, -0.1) is 0 Å². The Morgan fingerprint density at radius 1 is 1.50 bits per heavy atom. The predicted molar refractivity (Wildman–Crippen MR) is 67.7 cm³/mol. The van der Waals surface area contributed by atoms with Gasteiger partial charge in [-0.05, 0) is 31.5 Å². The van der Waals surface area contributed by atoms with E-state index in [2.05, 4.69) is 15.9 Å². The molecular weight excluding hydrogens is 292 g/mol. The predicted octanol–water partition coefficient (Wildman–Crippen LogP) is 2.56. The second-order valence-corrected chi connectivity index (χ2v) is 6.85. The zero-order chi connectivity index (χ0) is 12.3. The molecule has 0 saturated heterocycles. The SMILES string of the molecule is CC(C)(C(=O)O)S(=O)Cc1cccc(Br)c1. The van der Waals surface area contributed by atoms with Crippen LogP contribution in [0.5, 0.6) is 0 Å². The molecule has 3 nitrogen and oxygen atoms in total. The summed E-state index contributed by atoms with van der Waals surface area (Å²) in [6, 6.07) is 7.38. The van der Waals surface area contributed by atoms with Crippen molar-refractivity contribution >= 4 is 32.7 Å². The Balaban J connectivity index is 2.83. The van der Waals surface area contributed by atoms with Crippen LogP contribution in [0.15, 0.2) is 28.7 Å². The van der Waals surface area contributed by atoms with Gasteiger partial charge in [-0.3, -0.25) is 9.00 Å². The summed E-state index contributed by atoms with van der Waals surface area (Å²) in [4.78, 5) is 10.9. The Bertz CT molecular complexity index is 429. The highest BCUT2D eigenvalue weighted by Crippen LogP contribution is 2.19. The number of carboxylic acid groups (broad SMARTS) is 1. The van der Waals surface area contributed by atoms with Gasteiger partial charge in [-0.25, -0.2) is 0 Å². The standard InChI is InChI=1S/C11H13BrO3S/c1-11(2,10(13)14)16(15)7-8-4-3-5-9(12)6-8/h3-6H,7H2,1-2H3,(H,13,14). The second kappa shape index (κ2) is 5.10. The molecule has 0 aromatic heterocycles. The summed E-state index contributed by atoms with van der Waals surface area (Å²) >= 11 is 3.32. The van der Waals surface area contributed by atoms with Crippen molar-refractivity contribution in [2.24, 2.45) is 0 Å². The first-order chi connectivity index (χ1) is 7.34. The van der Waals surface area contributed by atoms with Gasteiger partial charge in [0.25, 0.3) is 0 Å². The number of rotatable bonds is 4. The van der Waals surface area contributed by atoms with Crippen LogP contribution in [0.4, 0.5) is 0 Å². The fraction of sp³-hybridized carbons (Fsp3) is 0.364. The van der Waals surface area contributed by atoms with E-state index in [0.29, 0.717) is 0 Å². The highest BCUT2D eigenvalue weighted by atomic mass is 79.9. The van der Waals surface area contributed by atoms with E-state index in [-0.39, 0.29) is 5.75 Å². The average molecular weight is 305 g/mol. The third-order valence-electron chi connectivity index (χ3n) is 2.27. The number of carbonyl (C=O) groups is 1. The number of carboxylic acids is 1. The Kier molecular flexibility index (Phi) is 4.27. The van der Waals surface area contributed by atoms with E-state index in [4.69, 9.17) is 5.11 Å². The molecule has 0 saturated carbocycles. The zero-order valence-corrected chi connectivity index (χ0v) is 11.5. The lowest BCUT2D eigenvalue weighted by molar-refractivity contribution is -0.139. The normalized spacial score (nSPS) is 13.4. The molecule has 0 bridgehead atoms. The van der Waals surface area contributed by atoms with Gasteiger partial charge in [0.2, 0.25) is 0 Å². The minimum Gasteiger partial charge on any atom is -0.480 e. The quantitative estimate of drug-likeness (QED) is 0.930. The summed E-state index contributed by atoms with van der Waals surface area (Å²) in [6.45, 7) is 2.95. The van der Waals surface area contributed by atoms with Crippen molar-refractivity contribution in [3.8, 4) is 0 Å². The van der Waals surface area contributed by atoms with E-state index in [1.54, 1.807) is 0 Å². The Hall–Kier alpha value is -0.680. The molecule has 0 spiro atoms. The molecule has 0 amide bonds. The Labute approximate surface area is 105 Å². The molecule has 0 aliphatic heterocycles. The second-order valence-electron chi connectivity index (χ2n) is 3.94. The molecule has 1 N–H and O–H groups in total. The number of hydrogen-bond acceptors (Lipinski definition) is 2. The van der Waals surface area contributed by atoms with Gasteiger partial charge < -0.3 is 5.11 Å². The van der Waals surface area contributed by atoms with Crippen molar-refractivity contribution < 1.29 is 14.1 Å². The van der Waals surface area contributed by atoms with E-state index in [0.717, 1.165) is 10.0 Å². The van der Waals surface area contributed by atoms with Crippen molar-refractivity contribution in [3.05, 3.63) is 34.3 Å². The lowest BCUT2D eigenvalue weighted by Gasteiger charge is -2.18. The molecule has 1 unspecified atom stereocenters. The maximum absolute atomic E-state index is 11.9. The van der Waals surface area contributed by atoms with Crippen molar-refractivity contribution in [1.82, 2.24) is 0 Å². The van der Waals surface area contributed by atoms with Gasteiger partial charge in [0.15, 0.2) is 0 Å². The molecule has 5 heteroatoms. The van der Waals surface area contributed by atoms with Gasteiger partial charge in [0, 0.05) is 21.0 Å². The number of halogens is 1. The fourth-order valence-electron chi connectivity index (χ4n) is 1.06. The molecule has 0 aliphatic carbocycles. The number of hydrogen-bond donors (Lipinski definition) is 1. The lowest BCUT2D eigenvalue weighted by atomic mass is 10.2. The third-order valence-corrected chi connectivity index (χ3v) is 4.67. The minimum atomic E-state index is -1.44. The maximum atomic E-state index is 11.9. The van der Waals surface area contributed by atoms with Gasteiger partial charge in [0.05, 0.1) is 0 Å². The molecule has 0 fully saturated rings. The first-order valence-electron chi connectivity index (χ1n) is 4.70. The van der Waals surface area contributed by atoms with Crippen molar-refractivity contribution in [2.75, 3.05) is 0 Å². The molecule has 1 aromatic carbocycles. The highest BCUT2D eigenvalue weighted by molar-refractivity contribution is 9.10. The molecule has 88 valence electrons. The zero-order valence-electron chi connectivity index (χ0n) is 9.07. The smallest absolute Gasteiger partial charge is 0.321 e. The van der Waals surface area contributed by atoms with E-state index in [1.807, 2.05) is 24.3 Å². The summed E-state index contributed by atoms with van der Waals surface area (Å²) in [6.07, 6.45) is 0. The molecule has 1 atom stereocenters. The van der Waals surface area contributed by atoms with Crippen LogP contribution in [0.25, 0.3) is 0 Å². The fourth-order valence-corrected chi connectivity index (χ4v) is 2.54. The molecule has 0 aliphatic rings. The molecule has 1 rings (SSSR count). The number of aliphatic carboxylic acids is 1. The largest absolute Gasteiger partial charge is 0.480 e. The van der Waals surface area contributed by atoms with Gasteiger partial charge in [-0.1, -0.05) is 28.1 Å². The first-order valence-corrected chi connectivity index (χ1v) is 6.81. The summed E-state index contributed by atoms with van der Waals surface area (Å²) in [5, 5.41) is 8.94. The summed E-state index contributed by atoms with van der Waals surface area (Å²) in [5.74, 6) is -0.792. The minimum absolute atomic E-state index is 0.249. The van der Waals surface area contributed by atoms with E-state index in [1.165, 1.54) is 13.8 Å². The van der Waals surface area contributed by atoms with Gasteiger partial charge in [-0.2, -0.15) is 0 Å². The molecular formula is C11H13BrO3S. The van der Waals surface area contributed by atoms with Gasteiger partial charge in [0.1, 0.15) is 4.75 Å². The van der Waals surface area contributed by atoms with E-state index >= 15 is 0 Å². The molecule has 0 radical (unpaired) electrons. The van der Waals surface area contributed by atoms with Gasteiger partial charge >= 0.3 is 5.97 Å². The van der Waals surface area contributed by atoms with Crippen molar-refractivity contribution in [3.63, 3.8) is 0 Å². The van der Waals surface area contributed by atoms with E-state index in [9.17, 15) is 9.00 Å². The monoisotopic (exact) mass is 304 g/mol. The Morgan fingerprint density at radius 3 is 2.62 bits per heavy atom. The van der Waals surface area contributed by atoms with E-state index < -0.39 is 21.5 Å². The molecule has 16 heavy (non-hydrogen) atoms. The Morgan fingerprint density at radius 2 is 2.12 bits per heavy atom. The summed E-state index contributed by atoms with van der Waals surface area (Å²) in [7, 11) is -1.44. The first kappa shape index (κ1) is 13.4. The number of benzene rings is 1.